The standard InChI is InChI=1S/C62H58/c1-3-13-45(14-4-1)54-40-55(46-15-5-2-6-16-46)42-56(41-54)49-33-36-51(37-34-49)62-59-21-11-9-19-57(59)61(58-20-10-12-22-60(58)62)50-31-27-44(28-32-50)24-23-43-25-29-48(30-26-43)53-38-35-47-17-7-8-18-52(47)39-53/h1,3-5,7,9-13,15-17,19-27,29-31,33,35-36,38,40,42,45,52,54,57,59H,2,6,8,14,18,28,32,34,37,39,41H2. The Balaban J connectivity index is 0.872. The van der Waals surface area contributed by atoms with Crippen LogP contribution in [0.5, 0.6) is 0 Å². The maximum Gasteiger partial charge on any atom is 0.0134 e. The molecule has 0 aliphatic heterocycles. The van der Waals surface area contributed by atoms with Gasteiger partial charge in [0.2, 0.25) is 0 Å². The van der Waals surface area contributed by atoms with E-state index in [9.17, 15) is 0 Å². The van der Waals surface area contributed by atoms with Crippen LogP contribution in [0.1, 0.15) is 81.8 Å². The van der Waals surface area contributed by atoms with Crippen LogP contribution < -0.4 is 10.4 Å². The van der Waals surface area contributed by atoms with Gasteiger partial charge in [0.15, 0.2) is 0 Å². The first-order valence-corrected chi connectivity index (χ1v) is 23.7. The Bertz CT molecular complexity index is 2800. The van der Waals surface area contributed by atoms with Crippen molar-refractivity contribution in [1.82, 2.24) is 0 Å². The summed E-state index contributed by atoms with van der Waals surface area (Å²) in [5.41, 5.74) is 19.0. The SMILES string of the molecule is C1=CCC(C2C=C(C3=CCCC=C3)C=C(C3=CC=C(C4=c5ccccc5=C(C5=CC=C(C=Cc6ccc(C7=CC=C8C=CCCC8C7)cc6)CC5)C5C=CC=CC45)CC3)C2)C=C1. The molecule has 2 aromatic rings. The Morgan fingerprint density at radius 3 is 1.95 bits per heavy atom. The molecule has 0 heteroatoms. The molecule has 5 atom stereocenters. The molecule has 0 bridgehead atoms. The van der Waals surface area contributed by atoms with E-state index >= 15 is 0 Å². The van der Waals surface area contributed by atoms with Crippen molar-refractivity contribution in [3.05, 3.63) is 248 Å². The Hall–Kier alpha value is -5.98. The minimum Gasteiger partial charge on any atom is -0.0842 e. The summed E-state index contributed by atoms with van der Waals surface area (Å²) < 4.78 is 0. The fourth-order valence-corrected chi connectivity index (χ4v) is 11.6. The minimum atomic E-state index is 0.339. The molecule has 0 nitrogen and oxygen atoms in total. The molecule has 0 amide bonds. The number of fused-ring (bicyclic) bond motifs is 3. The highest BCUT2D eigenvalue weighted by Crippen LogP contribution is 2.46. The van der Waals surface area contributed by atoms with E-state index in [4.69, 9.17) is 0 Å². The second-order valence-electron chi connectivity index (χ2n) is 18.7. The zero-order valence-electron chi connectivity index (χ0n) is 36.1. The van der Waals surface area contributed by atoms with Gasteiger partial charge in [0.05, 0.1) is 0 Å². The van der Waals surface area contributed by atoms with E-state index in [0.29, 0.717) is 29.6 Å². The predicted octanol–water partition coefficient (Wildman–Crippen LogP) is 14.3. The van der Waals surface area contributed by atoms with Crippen LogP contribution in [0.25, 0.3) is 22.8 Å². The van der Waals surface area contributed by atoms with Gasteiger partial charge >= 0.3 is 0 Å². The average molecular weight is 803 g/mol. The highest BCUT2D eigenvalue weighted by atomic mass is 14.4. The lowest BCUT2D eigenvalue weighted by molar-refractivity contribution is 0.467. The first-order chi connectivity index (χ1) is 30.7. The molecule has 62 heavy (non-hydrogen) atoms. The van der Waals surface area contributed by atoms with Crippen LogP contribution in [-0.4, -0.2) is 0 Å². The quantitative estimate of drug-likeness (QED) is 0.249. The molecule has 5 unspecified atom stereocenters. The number of rotatable bonds is 8. The number of allylic oxidation sites excluding steroid dienone is 31. The van der Waals surface area contributed by atoms with E-state index < -0.39 is 0 Å². The molecule has 0 saturated heterocycles. The lowest BCUT2D eigenvalue weighted by Crippen LogP contribution is -2.40. The second kappa shape index (κ2) is 17.4. The summed E-state index contributed by atoms with van der Waals surface area (Å²) in [4.78, 5) is 0. The summed E-state index contributed by atoms with van der Waals surface area (Å²) in [6, 6.07) is 18.5. The molecule has 0 N–H and O–H groups in total. The van der Waals surface area contributed by atoms with Crippen molar-refractivity contribution in [2.75, 3.05) is 0 Å². The van der Waals surface area contributed by atoms with Crippen LogP contribution >= 0.6 is 0 Å². The highest BCUT2D eigenvalue weighted by molar-refractivity contribution is 5.81. The molecule has 0 radical (unpaired) electrons. The van der Waals surface area contributed by atoms with Gasteiger partial charge in [-0.05, 0) is 171 Å². The van der Waals surface area contributed by atoms with Crippen molar-refractivity contribution in [2.24, 2.45) is 29.6 Å². The maximum atomic E-state index is 2.58. The monoisotopic (exact) mass is 802 g/mol. The van der Waals surface area contributed by atoms with E-state index in [2.05, 4.69) is 188 Å². The smallest absolute Gasteiger partial charge is 0.0134 e. The Morgan fingerprint density at radius 2 is 1.24 bits per heavy atom. The van der Waals surface area contributed by atoms with Gasteiger partial charge in [-0.25, -0.2) is 0 Å². The molecule has 306 valence electrons. The third-order valence-electron chi connectivity index (χ3n) is 15.0. The lowest BCUT2D eigenvalue weighted by Gasteiger charge is -2.36. The summed E-state index contributed by atoms with van der Waals surface area (Å²) in [5, 5.41) is 2.85. The van der Waals surface area contributed by atoms with Crippen LogP contribution in [0.3, 0.4) is 0 Å². The van der Waals surface area contributed by atoms with Crippen molar-refractivity contribution in [3.8, 4) is 0 Å². The van der Waals surface area contributed by atoms with Crippen molar-refractivity contribution >= 4 is 22.8 Å². The Morgan fingerprint density at radius 1 is 0.516 bits per heavy atom. The summed E-state index contributed by atoms with van der Waals surface area (Å²) in [6.07, 6.45) is 67.4. The van der Waals surface area contributed by atoms with Gasteiger partial charge in [-0.3, -0.25) is 0 Å². The molecule has 0 spiro atoms. The van der Waals surface area contributed by atoms with Gasteiger partial charge in [-0.15, -0.1) is 0 Å². The van der Waals surface area contributed by atoms with Crippen LogP contribution in [0.2, 0.25) is 0 Å². The topological polar surface area (TPSA) is 0 Å². The minimum absolute atomic E-state index is 0.339. The molecule has 0 heterocycles. The molecular formula is C62H58. The maximum absolute atomic E-state index is 2.58. The summed E-state index contributed by atoms with van der Waals surface area (Å²) >= 11 is 0. The summed E-state index contributed by atoms with van der Waals surface area (Å²) in [5.74, 6) is 2.46. The highest BCUT2D eigenvalue weighted by Gasteiger charge is 2.34. The molecule has 2 aromatic carbocycles. The van der Waals surface area contributed by atoms with Gasteiger partial charge < -0.3 is 0 Å². The van der Waals surface area contributed by atoms with Crippen LogP contribution in [-0.2, 0) is 0 Å². The van der Waals surface area contributed by atoms with E-state index in [-0.39, 0.29) is 0 Å². The number of benzene rings is 2. The van der Waals surface area contributed by atoms with Gasteiger partial charge in [0.25, 0.3) is 0 Å². The zero-order valence-corrected chi connectivity index (χ0v) is 36.1. The van der Waals surface area contributed by atoms with Gasteiger partial charge in [-0.2, -0.15) is 0 Å². The molecule has 0 fully saturated rings. The third kappa shape index (κ3) is 7.86. The lowest BCUT2D eigenvalue weighted by atomic mass is 9.67. The first kappa shape index (κ1) is 38.9. The normalized spacial score (nSPS) is 27.5. The molecule has 0 saturated carbocycles. The van der Waals surface area contributed by atoms with Crippen molar-refractivity contribution in [3.63, 3.8) is 0 Å². The number of hydrogen-bond donors (Lipinski definition) is 0. The predicted molar refractivity (Wildman–Crippen MR) is 264 cm³/mol. The fraction of sp³-hybridized carbons (Fsp3) is 0.258. The van der Waals surface area contributed by atoms with Crippen LogP contribution in [0.15, 0.2) is 227 Å². The van der Waals surface area contributed by atoms with Gasteiger partial charge in [0, 0.05) is 11.8 Å². The van der Waals surface area contributed by atoms with E-state index in [1.807, 2.05) is 0 Å². The molecule has 9 aliphatic rings. The van der Waals surface area contributed by atoms with E-state index in [1.54, 1.807) is 5.57 Å². The molecule has 11 rings (SSSR count). The third-order valence-corrected chi connectivity index (χ3v) is 15.0. The van der Waals surface area contributed by atoms with Gasteiger partial charge in [-0.1, -0.05) is 188 Å². The van der Waals surface area contributed by atoms with Crippen molar-refractivity contribution in [1.29, 1.82) is 0 Å². The Kier molecular flexibility index (Phi) is 10.9. The summed E-state index contributed by atoms with van der Waals surface area (Å²) in [6.45, 7) is 0. The Labute approximate surface area is 369 Å². The summed E-state index contributed by atoms with van der Waals surface area (Å²) in [7, 11) is 0. The molecule has 9 aliphatic carbocycles. The van der Waals surface area contributed by atoms with Crippen LogP contribution in [0, 0.1) is 29.6 Å². The van der Waals surface area contributed by atoms with Crippen LogP contribution in [0.4, 0.5) is 0 Å². The van der Waals surface area contributed by atoms with Crippen molar-refractivity contribution in [2.45, 2.75) is 70.6 Å². The van der Waals surface area contributed by atoms with Gasteiger partial charge in [0.1, 0.15) is 0 Å². The van der Waals surface area contributed by atoms with Crippen molar-refractivity contribution < 1.29 is 0 Å². The number of hydrogen-bond acceptors (Lipinski definition) is 0. The molecule has 0 aromatic heterocycles. The fourth-order valence-electron chi connectivity index (χ4n) is 11.6. The van der Waals surface area contributed by atoms with E-state index in [1.165, 1.54) is 90.1 Å². The molecular weight excluding hydrogens is 745 g/mol. The second-order valence-corrected chi connectivity index (χ2v) is 18.7. The average Bonchev–Trinajstić information content (AvgIpc) is 3.35. The first-order valence-electron chi connectivity index (χ1n) is 23.7. The largest absolute Gasteiger partial charge is 0.0842 e. The zero-order chi connectivity index (χ0) is 41.2. The van der Waals surface area contributed by atoms with E-state index in [0.717, 1.165) is 57.8 Å².